The van der Waals surface area contributed by atoms with E-state index in [2.05, 4.69) is 30.8 Å². The van der Waals surface area contributed by atoms with Crippen molar-refractivity contribution in [1.82, 2.24) is 14.9 Å². The second-order valence-electron chi connectivity index (χ2n) is 5.62. The van der Waals surface area contributed by atoms with E-state index in [-0.39, 0.29) is 10.8 Å². The molecule has 0 saturated carbocycles. The Labute approximate surface area is 174 Å². The molecule has 0 saturated heterocycles. The second kappa shape index (κ2) is 8.74. The molecule has 27 heavy (non-hydrogen) atoms. The van der Waals surface area contributed by atoms with Crippen molar-refractivity contribution in [1.29, 1.82) is 0 Å². The van der Waals surface area contributed by atoms with Crippen molar-refractivity contribution in [2.45, 2.75) is 28.8 Å². The average Bonchev–Trinajstić information content (AvgIpc) is 3.10. The second-order valence-corrected chi connectivity index (χ2v) is 9.61. The van der Waals surface area contributed by atoms with Crippen LogP contribution in [0.25, 0.3) is 0 Å². The van der Waals surface area contributed by atoms with E-state index >= 15 is 0 Å². The Balaban J connectivity index is 1.63. The quantitative estimate of drug-likeness (QED) is 0.480. The molecule has 0 radical (unpaired) electrons. The summed E-state index contributed by atoms with van der Waals surface area (Å²) in [4.78, 5) is 0.114. The van der Waals surface area contributed by atoms with E-state index in [0.29, 0.717) is 16.0 Å². The molecule has 1 atom stereocenters. The van der Waals surface area contributed by atoms with Crippen LogP contribution in [-0.2, 0) is 15.8 Å². The van der Waals surface area contributed by atoms with Gasteiger partial charge in [-0.2, -0.15) is 4.72 Å². The van der Waals surface area contributed by atoms with Gasteiger partial charge in [0.25, 0.3) is 5.22 Å². The number of aromatic nitrogens is 2. The molecule has 10 heteroatoms. The van der Waals surface area contributed by atoms with Crippen LogP contribution in [0.3, 0.4) is 0 Å². The van der Waals surface area contributed by atoms with Crippen molar-refractivity contribution in [3.63, 3.8) is 0 Å². The van der Waals surface area contributed by atoms with Crippen molar-refractivity contribution in [2.75, 3.05) is 0 Å². The van der Waals surface area contributed by atoms with E-state index in [0.717, 1.165) is 10.0 Å². The van der Waals surface area contributed by atoms with Gasteiger partial charge in [0.1, 0.15) is 0 Å². The van der Waals surface area contributed by atoms with Crippen LogP contribution in [-0.4, -0.2) is 18.6 Å². The summed E-state index contributed by atoms with van der Waals surface area (Å²) in [7, 11) is -3.72. The normalized spacial score (nSPS) is 12.9. The van der Waals surface area contributed by atoms with Gasteiger partial charge in [-0.1, -0.05) is 51.4 Å². The highest BCUT2D eigenvalue weighted by Crippen LogP contribution is 2.25. The van der Waals surface area contributed by atoms with Crippen LogP contribution in [0, 0.1) is 0 Å². The molecule has 6 nitrogen and oxygen atoms in total. The van der Waals surface area contributed by atoms with Crippen LogP contribution in [0.1, 0.15) is 24.4 Å². The third-order valence-electron chi connectivity index (χ3n) is 3.52. The number of halogens is 2. The van der Waals surface area contributed by atoms with E-state index < -0.39 is 16.1 Å². The summed E-state index contributed by atoms with van der Waals surface area (Å²) in [6.07, 6.45) is 0. The number of benzene rings is 2. The highest BCUT2D eigenvalue weighted by atomic mass is 79.9. The minimum atomic E-state index is -3.72. The van der Waals surface area contributed by atoms with Gasteiger partial charge in [0.2, 0.25) is 15.9 Å². The van der Waals surface area contributed by atoms with Crippen molar-refractivity contribution < 1.29 is 12.8 Å². The van der Waals surface area contributed by atoms with Crippen molar-refractivity contribution in [3.8, 4) is 0 Å². The fourth-order valence-corrected chi connectivity index (χ4v) is 4.46. The standard InChI is InChI=1S/C17H15BrClN3O3S2/c1-11(22-27(23,24)15-8-6-14(19)7-9-15)16-20-21-17(25-16)26-10-12-2-4-13(18)5-3-12/h2-9,11,22H,10H2,1H3. The summed E-state index contributed by atoms with van der Waals surface area (Å²) < 4.78 is 33.9. The molecule has 0 aliphatic rings. The number of nitrogens with zero attached hydrogens (tertiary/aromatic N) is 2. The molecule has 2 aromatic carbocycles. The largest absolute Gasteiger partial charge is 0.414 e. The molecule has 1 aromatic heterocycles. The van der Waals surface area contributed by atoms with Crippen LogP contribution >= 0.6 is 39.3 Å². The van der Waals surface area contributed by atoms with E-state index in [1.807, 2.05) is 24.3 Å². The Morgan fingerprint density at radius 1 is 1.15 bits per heavy atom. The number of nitrogens with one attached hydrogen (secondary N) is 1. The Morgan fingerprint density at radius 2 is 1.81 bits per heavy atom. The van der Waals surface area contributed by atoms with Crippen LogP contribution < -0.4 is 4.72 Å². The highest BCUT2D eigenvalue weighted by molar-refractivity contribution is 9.10. The predicted molar refractivity (Wildman–Crippen MR) is 108 cm³/mol. The zero-order valence-corrected chi connectivity index (χ0v) is 18.1. The molecular weight excluding hydrogens is 474 g/mol. The first kappa shape index (κ1) is 20.3. The molecule has 1 heterocycles. The molecule has 0 aliphatic carbocycles. The smallest absolute Gasteiger partial charge is 0.276 e. The minimum Gasteiger partial charge on any atom is -0.414 e. The number of hydrogen-bond donors (Lipinski definition) is 1. The number of rotatable bonds is 7. The maximum absolute atomic E-state index is 12.4. The van der Waals surface area contributed by atoms with Gasteiger partial charge in [-0.3, -0.25) is 0 Å². The Morgan fingerprint density at radius 3 is 2.48 bits per heavy atom. The summed E-state index contributed by atoms with van der Waals surface area (Å²) in [5.74, 6) is 0.866. The van der Waals surface area contributed by atoms with Gasteiger partial charge < -0.3 is 4.42 Å². The predicted octanol–water partition coefficient (Wildman–Crippen LogP) is 4.82. The van der Waals surface area contributed by atoms with Crippen LogP contribution in [0.15, 0.2) is 67.5 Å². The lowest BCUT2D eigenvalue weighted by Crippen LogP contribution is -2.27. The summed E-state index contributed by atoms with van der Waals surface area (Å²) in [5.41, 5.74) is 1.11. The fourth-order valence-electron chi connectivity index (χ4n) is 2.14. The molecule has 3 rings (SSSR count). The molecule has 3 aromatic rings. The SMILES string of the molecule is CC(NS(=O)(=O)c1ccc(Cl)cc1)c1nnc(SCc2ccc(Br)cc2)o1. The zero-order chi connectivity index (χ0) is 19.4. The first-order chi connectivity index (χ1) is 12.8. The fraction of sp³-hybridized carbons (Fsp3) is 0.176. The van der Waals surface area contributed by atoms with Crippen molar-refractivity contribution in [3.05, 3.63) is 69.5 Å². The molecule has 0 amide bonds. The Bertz CT molecular complexity index is 1010. The van der Waals surface area contributed by atoms with Gasteiger partial charge in [-0.05, 0) is 48.9 Å². The topological polar surface area (TPSA) is 85.1 Å². The zero-order valence-electron chi connectivity index (χ0n) is 14.1. The molecule has 1 N–H and O–H groups in total. The summed E-state index contributed by atoms with van der Waals surface area (Å²) in [5, 5.41) is 8.75. The van der Waals surface area contributed by atoms with Crippen molar-refractivity contribution in [2.24, 2.45) is 0 Å². The van der Waals surface area contributed by atoms with Gasteiger partial charge in [0.15, 0.2) is 0 Å². The van der Waals surface area contributed by atoms with Crippen LogP contribution in [0.5, 0.6) is 0 Å². The van der Waals surface area contributed by atoms with Gasteiger partial charge in [-0.15, -0.1) is 10.2 Å². The van der Waals surface area contributed by atoms with Gasteiger partial charge >= 0.3 is 0 Å². The molecule has 0 fully saturated rings. The van der Waals surface area contributed by atoms with Crippen LogP contribution in [0.4, 0.5) is 0 Å². The lowest BCUT2D eigenvalue weighted by Gasteiger charge is -2.10. The van der Waals surface area contributed by atoms with Crippen LogP contribution in [0.2, 0.25) is 5.02 Å². The van der Waals surface area contributed by atoms with E-state index in [9.17, 15) is 8.42 Å². The van der Waals surface area contributed by atoms with Gasteiger partial charge in [-0.25, -0.2) is 8.42 Å². The molecular formula is C17H15BrClN3O3S2. The molecule has 142 valence electrons. The average molecular weight is 489 g/mol. The third-order valence-corrected chi connectivity index (χ3v) is 6.75. The molecule has 1 unspecified atom stereocenters. The van der Waals surface area contributed by atoms with Crippen molar-refractivity contribution >= 4 is 49.3 Å². The Hall–Kier alpha value is -1.39. The molecule has 0 spiro atoms. The summed E-state index contributed by atoms with van der Waals surface area (Å²) in [6.45, 7) is 1.64. The van der Waals surface area contributed by atoms with E-state index in [1.165, 1.54) is 36.0 Å². The van der Waals surface area contributed by atoms with Gasteiger partial charge in [0.05, 0.1) is 10.9 Å². The van der Waals surface area contributed by atoms with Gasteiger partial charge in [0, 0.05) is 15.2 Å². The minimum absolute atomic E-state index is 0.114. The molecule has 0 bridgehead atoms. The van der Waals surface area contributed by atoms with E-state index in [1.54, 1.807) is 6.92 Å². The maximum Gasteiger partial charge on any atom is 0.276 e. The van der Waals surface area contributed by atoms with E-state index in [4.69, 9.17) is 16.0 Å². The summed E-state index contributed by atoms with van der Waals surface area (Å²) >= 11 is 10.6. The third kappa shape index (κ3) is 5.55. The number of hydrogen-bond acceptors (Lipinski definition) is 6. The first-order valence-corrected chi connectivity index (χ1v) is 11.5. The highest BCUT2D eigenvalue weighted by Gasteiger charge is 2.22. The lowest BCUT2D eigenvalue weighted by atomic mass is 10.2. The first-order valence-electron chi connectivity index (χ1n) is 7.82. The number of sulfonamides is 1. The maximum atomic E-state index is 12.4. The number of thioether (sulfide) groups is 1. The lowest BCUT2D eigenvalue weighted by molar-refractivity contribution is 0.384. The molecule has 0 aliphatic heterocycles. The Kier molecular flexibility index (Phi) is 6.59. The summed E-state index contributed by atoms with van der Waals surface area (Å²) in [6, 6.07) is 13.2. The monoisotopic (exact) mass is 487 g/mol.